The number of rotatable bonds is 30. The average Bonchev–Trinajstić information content (AvgIpc) is 2.93. The Hall–Kier alpha value is -0.970. The Morgan fingerprint density at radius 2 is 0.900 bits per heavy atom. The molecule has 0 rings (SSSR count). The molecule has 0 aromatic rings. The van der Waals surface area contributed by atoms with Crippen molar-refractivity contribution in [3.8, 4) is 0 Å². The molecule has 0 aliphatic heterocycles. The smallest absolute Gasteiger partial charge is 0.303 e. The van der Waals surface area contributed by atoms with Gasteiger partial charge in [0, 0.05) is 31.0 Å². The SMILES string of the molecule is CCCCCCCCCCCCNC(=O)C(N)CSSCC(N)C(=O)NCCCCCCCCCCCC(=O)O. The summed E-state index contributed by atoms with van der Waals surface area (Å²) in [4.78, 5) is 34.8. The lowest BCUT2D eigenvalue weighted by atomic mass is 10.1. The minimum absolute atomic E-state index is 0.109. The van der Waals surface area contributed by atoms with Crippen LogP contribution in [0.1, 0.15) is 135 Å². The molecular formula is C30H60N4O4S2. The van der Waals surface area contributed by atoms with Gasteiger partial charge in [0.1, 0.15) is 0 Å². The third-order valence-corrected chi connectivity index (χ3v) is 9.42. The summed E-state index contributed by atoms with van der Waals surface area (Å²) in [6.45, 7) is 3.57. The van der Waals surface area contributed by atoms with E-state index >= 15 is 0 Å². The minimum Gasteiger partial charge on any atom is -0.481 e. The Morgan fingerprint density at radius 3 is 1.25 bits per heavy atom. The molecule has 2 atom stereocenters. The fourth-order valence-corrected chi connectivity index (χ4v) is 6.58. The van der Waals surface area contributed by atoms with E-state index < -0.39 is 18.1 Å². The number of nitrogens with one attached hydrogen (secondary N) is 2. The van der Waals surface area contributed by atoms with E-state index in [2.05, 4.69) is 17.6 Å². The number of carbonyl (C=O) groups is 3. The summed E-state index contributed by atoms with van der Waals surface area (Å²) < 4.78 is 0. The highest BCUT2D eigenvalue weighted by Gasteiger charge is 2.16. The molecule has 0 fully saturated rings. The second-order valence-electron chi connectivity index (χ2n) is 10.9. The Balaban J connectivity index is 3.54. The van der Waals surface area contributed by atoms with Gasteiger partial charge in [0.25, 0.3) is 0 Å². The van der Waals surface area contributed by atoms with Gasteiger partial charge in [-0.1, -0.05) is 131 Å². The van der Waals surface area contributed by atoms with Crippen LogP contribution in [-0.2, 0) is 14.4 Å². The van der Waals surface area contributed by atoms with Gasteiger partial charge in [-0.2, -0.15) is 0 Å². The fraction of sp³-hybridized carbons (Fsp3) is 0.900. The van der Waals surface area contributed by atoms with E-state index in [1.54, 1.807) is 0 Å². The molecule has 7 N–H and O–H groups in total. The molecule has 0 saturated carbocycles. The van der Waals surface area contributed by atoms with Crippen LogP contribution in [0.3, 0.4) is 0 Å². The first kappa shape index (κ1) is 39.0. The van der Waals surface area contributed by atoms with Crippen molar-refractivity contribution in [1.29, 1.82) is 0 Å². The molecule has 0 aromatic carbocycles. The highest BCUT2D eigenvalue weighted by molar-refractivity contribution is 8.76. The van der Waals surface area contributed by atoms with Gasteiger partial charge in [-0.05, 0) is 19.3 Å². The van der Waals surface area contributed by atoms with Crippen LogP contribution in [-0.4, -0.2) is 59.6 Å². The number of unbranched alkanes of at least 4 members (excludes halogenated alkanes) is 17. The van der Waals surface area contributed by atoms with Gasteiger partial charge in [-0.25, -0.2) is 0 Å². The summed E-state index contributed by atoms with van der Waals surface area (Å²) in [5.74, 6) is 0.0253. The summed E-state index contributed by atoms with van der Waals surface area (Å²) in [5.41, 5.74) is 12.0. The molecule has 40 heavy (non-hydrogen) atoms. The quantitative estimate of drug-likeness (QED) is 0.0484. The largest absolute Gasteiger partial charge is 0.481 e. The van der Waals surface area contributed by atoms with E-state index in [0.717, 1.165) is 57.8 Å². The molecule has 8 nitrogen and oxygen atoms in total. The van der Waals surface area contributed by atoms with Crippen LogP contribution in [0.5, 0.6) is 0 Å². The van der Waals surface area contributed by atoms with Gasteiger partial charge in [0.05, 0.1) is 12.1 Å². The van der Waals surface area contributed by atoms with E-state index in [9.17, 15) is 14.4 Å². The summed E-state index contributed by atoms with van der Waals surface area (Å²) >= 11 is 0. The Labute approximate surface area is 252 Å². The van der Waals surface area contributed by atoms with Crippen LogP contribution in [0.15, 0.2) is 0 Å². The Morgan fingerprint density at radius 1 is 0.575 bits per heavy atom. The van der Waals surface area contributed by atoms with Crippen molar-refractivity contribution in [1.82, 2.24) is 10.6 Å². The summed E-state index contributed by atoms with van der Waals surface area (Å²) in [6, 6.07) is -1.12. The van der Waals surface area contributed by atoms with Gasteiger partial charge in [0.15, 0.2) is 0 Å². The lowest BCUT2D eigenvalue weighted by Crippen LogP contribution is -2.43. The summed E-state index contributed by atoms with van der Waals surface area (Å²) in [6.07, 6.45) is 22.6. The zero-order valence-corrected chi connectivity index (χ0v) is 26.9. The number of amides is 2. The highest BCUT2D eigenvalue weighted by Crippen LogP contribution is 2.22. The molecule has 2 amide bonds. The second-order valence-corrected chi connectivity index (χ2v) is 13.4. The van der Waals surface area contributed by atoms with Crippen molar-refractivity contribution in [2.24, 2.45) is 11.5 Å². The van der Waals surface area contributed by atoms with E-state index in [-0.39, 0.29) is 18.2 Å². The first-order valence-corrected chi connectivity index (χ1v) is 18.4. The monoisotopic (exact) mass is 604 g/mol. The van der Waals surface area contributed by atoms with Crippen molar-refractivity contribution < 1.29 is 19.5 Å². The maximum Gasteiger partial charge on any atom is 0.303 e. The van der Waals surface area contributed by atoms with Crippen molar-refractivity contribution in [3.05, 3.63) is 0 Å². The fourth-order valence-electron chi connectivity index (χ4n) is 4.33. The zero-order chi connectivity index (χ0) is 29.7. The van der Waals surface area contributed by atoms with E-state index in [4.69, 9.17) is 16.6 Å². The van der Waals surface area contributed by atoms with Crippen LogP contribution in [0.2, 0.25) is 0 Å². The predicted molar refractivity (Wildman–Crippen MR) is 173 cm³/mol. The van der Waals surface area contributed by atoms with Gasteiger partial charge in [-0.3, -0.25) is 14.4 Å². The van der Waals surface area contributed by atoms with Crippen LogP contribution < -0.4 is 22.1 Å². The first-order chi connectivity index (χ1) is 19.4. The third-order valence-electron chi connectivity index (χ3n) is 6.95. The lowest BCUT2D eigenvalue weighted by molar-refractivity contribution is -0.137. The standard InChI is InChI=1S/C30H60N4O4S2/c1-2-3-4-5-6-7-10-13-16-19-22-33-29(37)26(31)24-39-40-25-27(32)30(38)34-23-20-17-14-11-8-9-12-15-18-21-28(35)36/h26-27H,2-25,31-32H2,1H3,(H,33,37)(H,34,38)(H,35,36). The van der Waals surface area contributed by atoms with Crippen LogP contribution in [0.4, 0.5) is 0 Å². The molecule has 0 radical (unpaired) electrons. The minimum atomic E-state index is -0.707. The summed E-state index contributed by atoms with van der Waals surface area (Å²) in [7, 11) is 2.97. The number of nitrogens with two attached hydrogens (primary N) is 2. The molecule has 0 heterocycles. The third kappa shape index (κ3) is 27.2. The molecule has 0 spiro atoms. The first-order valence-electron chi connectivity index (χ1n) is 15.9. The molecule has 2 unspecified atom stereocenters. The predicted octanol–water partition coefficient (Wildman–Crippen LogP) is 6.16. The van der Waals surface area contributed by atoms with Gasteiger partial charge >= 0.3 is 5.97 Å². The second kappa shape index (κ2) is 29.5. The molecule has 0 aromatic heterocycles. The number of aliphatic carboxylic acids is 1. The van der Waals surface area contributed by atoms with Crippen molar-refractivity contribution in [2.45, 2.75) is 147 Å². The van der Waals surface area contributed by atoms with Gasteiger partial charge < -0.3 is 27.2 Å². The van der Waals surface area contributed by atoms with E-state index in [1.165, 1.54) is 85.8 Å². The number of carboxylic acid groups (broad SMARTS) is 1. The molecule has 0 saturated heterocycles. The zero-order valence-electron chi connectivity index (χ0n) is 25.3. The number of hydrogen-bond donors (Lipinski definition) is 5. The van der Waals surface area contributed by atoms with Crippen LogP contribution in [0, 0.1) is 0 Å². The maximum atomic E-state index is 12.2. The number of carbonyl (C=O) groups excluding carboxylic acids is 2. The van der Waals surface area contributed by atoms with Crippen LogP contribution in [0.25, 0.3) is 0 Å². The normalized spacial score (nSPS) is 12.7. The topological polar surface area (TPSA) is 148 Å². The lowest BCUT2D eigenvalue weighted by Gasteiger charge is -2.14. The van der Waals surface area contributed by atoms with Gasteiger partial charge in [0.2, 0.25) is 11.8 Å². The number of carboxylic acids is 1. The summed E-state index contributed by atoms with van der Waals surface area (Å²) in [5, 5.41) is 14.5. The van der Waals surface area contributed by atoms with E-state index in [0.29, 0.717) is 24.6 Å². The van der Waals surface area contributed by atoms with Crippen molar-refractivity contribution >= 4 is 39.4 Å². The molecular weight excluding hydrogens is 544 g/mol. The Kier molecular flexibility index (Phi) is 28.8. The Bertz CT molecular complexity index is 629. The molecule has 0 aliphatic rings. The average molecular weight is 605 g/mol. The maximum absolute atomic E-state index is 12.2. The van der Waals surface area contributed by atoms with E-state index in [1.807, 2.05) is 0 Å². The van der Waals surface area contributed by atoms with Crippen LogP contribution >= 0.6 is 21.6 Å². The van der Waals surface area contributed by atoms with Gasteiger partial charge in [-0.15, -0.1) is 0 Å². The molecule has 10 heteroatoms. The molecule has 0 bridgehead atoms. The number of hydrogen-bond acceptors (Lipinski definition) is 7. The van der Waals surface area contributed by atoms with Crippen molar-refractivity contribution in [3.63, 3.8) is 0 Å². The van der Waals surface area contributed by atoms with Crippen molar-refractivity contribution in [2.75, 3.05) is 24.6 Å². The highest BCUT2D eigenvalue weighted by atomic mass is 33.1. The molecule has 236 valence electrons. The molecule has 0 aliphatic carbocycles.